The fourth-order valence-corrected chi connectivity index (χ4v) is 3.05. The number of amides is 1. The number of nitrogens with zero attached hydrogens (tertiary/aromatic N) is 2. The minimum Gasteiger partial charge on any atom is -0.396 e. The summed E-state index contributed by atoms with van der Waals surface area (Å²) in [5.74, 6) is 0.636. The van der Waals surface area contributed by atoms with Gasteiger partial charge in [-0.1, -0.05) is 6.42 Å². The van der Waals surface area contributed by atoms with Crippen LogP contribution in [0.4, 0.5) is 5.95 Å². The van der Waals surface area contributed by atoms with E-state index in [1.165, 1.54) is 6.20 Å². The van der Waals surface area contributed by atoms with Crippen molar-refractivity contribution in [2.24, 2.45) is 17.6 Å². The van der Waals surface area contributed by atoms with Crippen molar-refractivity contribution in [3.8, 4) is 0 Å². The summed E-state index contributed by atoms with van der Waals surface area (Å²) in [6, 6.07) is 0. The van der Waals surface area contributed by atoms with E-state index in [-0.39, 0.29) is 18.1 Å². The number of carbonyl (C=O) groups excluding carboxylic acids is 1. The highest BCUT2D eigenvalue weighted by Gasteiger charge is 2.28. The Balaban J connectivity index is 2.26. The monoisotopic (exact) mass is 306 g/mol. The molecule has 1 saturated carbocycles. The first kappa shape index (κ1) is 16.7. The van der Waals surface area contributed by atoms with Crippen LogP contribution in [0.3, 0.4) is 0 Å². The molecule has 1 aromatic rings. The maximum absolute atomic E-state index is 11.6. The summed E-state index contributed by atoms with van der Waals surface area (Å²) >= 11 is 0. The summed E-state index contributed by atoms with van der Waals surface area (Å²) in [6.07, 6.45) is 5.35. The minimum atomic E-state index is -0.504. The minimum absolute atomic E-state index is 0.160. The molecule has 1 aromatic heterocycles. The highest BCUT2D eigenvalue weighted by molar-refractivity contribution is 5.93. The van der Waals surface area contributed by atoms with Crippen molar-refractivity contribution in [3.63, 3.8) is 0 Å². The Labute approximate surface area is 131 Å². The highest BCUT2D eigenvalue weighted by Crippen LogP contribution is 2.34. The fraction of sp³-hybridized carbons (Fsp3) is 0.688. The van der Waals surface area contributed by atoms with Gasteiger partial charge in [-0.15, -0.1) is 0 Å². The van der Waals surface area contributed by atoms with Gasteiger partial charge in [-0.3, -0.25) is 4.79 Å². The lowest BCUT2D eigenvalue weighted by molar-refractivity contribution is 0.0998. The number of hydrogen-bond donors (Lipinski definition) is 3. The number of anilines is 1. The molecule has 6 heteroatoms. The van der Waals surface area contributed by atoms with E-state index in [1.807, 2.05) is 20.8 Å². The summed E-state index contributed by atoms with van der Waals surface area (Å²) in [5.41, 5.74) is 6.34. The van der Waals surface area contributed by atoms with Gasteiger partial charge in [-0.05, 0) is 51.9 Å². The van der Waals surface area contributed by atoms with Gasteiger partial charge in [0.1, 0.15) is 0 Å². The predicted molar refractivity (Wildman–Crippen MR) is 85.5 cm³/mol. The van der Waals surface area contributed by atoms with Crippen molar-refractivity contribution in [2.75, 3.05) is 11.9 Å². The van der Waals surface area contributed by atoms with Crippen molar-refractivity contribution in [1.82, 2.24) is 9.97 Å². The molecule has 22 heavy (non-hydrogen) atoms. The first-order valence-corrected chi connectivity index (χ1v) is 7.85. The zero-order valence-corrected chi connectivity index (χ0v) is 13.6. The van der Waals surface area contributed by atoms with Crippen LogP contribution >= 0.6 is 0 Å². The smallest absolute Gasteiger partial charge is 0.252 e. The molecule has 2 atom stereocenters. The molecule has 0 spiro atoms. The lowest BCUT2D eigenvalue weighted by Crippen LogP contribution is -2.28. The SMILES string of the molecule is CC(C)(C)Nc1ncc(C(N)=O)c(C[C@@H]2CCC[C@H]2CO)n1. The van der Waals surface area contributed by atoms with Crippen LogP contribution in [0.2, 0.25) is 0 Å². The zero-order valence-electron chi connectivity index (χ0n) is 13.6. The molecular formula is C16H26N4O2. The van der Waals surface area contributed by atoms with Crippen LogP contribution < -0.4 is 11.1 Å². The number of nitrogens with two attached hydrogens (primary N) is 1. The van der Waals surface area contributed by atoms with Gasteiger partial charge in [0.2, 0.25) is 5.95 Å². The molecule has 1 aliphatic rings. The third kappa shape index (κ3) is 4.16. The number of aliphatic hydroxyl groups excluding tert-OH is 1. The van der Waals surface area contributed by atoms with Crippen molar-refractivity contribution in [1.29, 1.82) is 0 Å². The Bertz CT molecular complexity index is 539. The van der Waals surface area contributed by atoms with Crippen LogP contribution in [-0.2, 0) is 6.42 Å². The van der Waals surface area contributed by atoms with Crippen LogP contribution in [-0.4, -0.2) is 33.1 Å². The molecule has 1 aliphatic carbocycles. The molecule has 1 amide bonds. The van der Waals surface area contributed by atoms with E-state index in [1.54, 1.807) is 0 Å². The van der Waals surface area contributed by atoms with Gasteiger partial charge in [0.15, 0.2) is 0 Å². The van der Waals surface area contributed by atoms with E-state index in [4.69, 9.17) is 5.73 Å². The molecular weight excluding hydrogens is 280 g/mol. The lowest BCUT2D eigenvalue weighted by Gasteiger charge is -2.22. The lowest BCUT2D eigenvalue weighted by atomic mass is 9.91. The number of carbonyl (C=O) groups is 1. The second-order valence-corrected chi connectivity index (χ2v) is 7.13. The van der Waals surface area contributed by atoms with Crippen molar-refractivity contribution in [2.45, 2.75) is 52.0 Å². The number of rotatable bonds is 5. The van der Waals surface area contributed by atoms with E-state index in [0.717, 1.165) is 19.3 Å². The number of aromatic nitrogens is 2. The van der Waals surface area contributed by atoms with Gasteiger partial charge in [-0.25, -0.2) is 9.97 Å². The second-order valence-electron chi connectivity index (χ2n) is 7.13. The van der Waals surface area contributed by atoms with Crippen LogP contribution in [0.25, 0.3) is 0 Å². The van der Waals surface area contributed by atoms with Gasteiger partial charge in [0.05, 0.1) is 11.3 Å². The van der Waals surface area contributed by atoms with Crippen molar-refractivity contribution in [3.05, 3.63) is 17.5 Å². The van der Waals surface area contributed by atoms with Crippen molar-refractivity contribution >= 4 is 11.9 Å². The average molecular weight is 306 g/mol. The third-order valence-electron chi connectivity index (χ3n) is 4.13. The Morgan fingerprint density at radius 2 is 2.09 bits per heavy atom. The number of hydrogen-bond acceptors (Lipinski definition) is 5. The first-order valence-electron chi connectivity index (χ1n) is 7.85. The van der Waals surface area contributed by atoms with E-state index in [0.29, 0.717) is 29.5 Å². The normalized spacial score (nSPS) is 21.8. The van der Waals surface area contributed by atoms with Gasteiger partial charge >= 0.3 is 0 Å². The molecule has 0 aliphatic heterocycles. The molecule has 6 nitrogen and oxygen atoms in total. The molecule has 122 valence electrons. The molecule has 0 unspecified atom stereocenters. The summed E-state index contributed by atoms with van der Waals surface area (Å²) < 4.78 is 0. The number of primary amides is 1. The molecule has 1 fully saturated rings. The summed E-state index contributed by atoms with van der Waals surface area (Å²) in [5, 5.41) is 12.7. The Kier molecular flexibility index (Phi) is 5.01. The molecule has 1 heterocycles. The van der Waals surface area contributed by atoms with Crippen LogP contribution in [0.1, 0.15) is 56.1 Å². The van der Waals surface area contributed by atoms with Crippen LogP contribution in [0.15, 0.2) is 6.20 Å². The predicted octanol–water partition coefficient (Wildman–Crippen LogP) is 1.74. The average Bonchev–Trinajstić information content (AvgIpc) is 2.84. The van der Waals surface area contributed by atoms with E-state index in [9.17, 15) is 9.90 Å². The molecule has 0 radical (unpaired) electrons. The van der Waals surface area contributed by atoms with Gasteiger partial charge in [0.25, 0.3) is 5.91 Å². The van der Waals surface area contributed by atoms with Gasteiger partial charge in [-0.2, -0.15) is 0 Å². The molecule has 0 aromatic carbocycles. The third-order valence-corrected chi connectivity index (χ3v) is 4.13. The van der Waals surface area contributed by atoms with E-state index >= 15 is 0 Å². The summed E-state index contributed by atoms with van der Waals surface area (Å²) in [6.45, 7) is 6.26. The largest absolute Gasteiger partial charge is 0.396 e. The maximum Gasteiger partial charge on any atom is 0.252 e. The van der Waals surface area contributed by atoms with E-state index in [2.05, 4.69) is 15.3 Å². The number of aliphatic hydroxyl groups is 1. The molecule has 2 rings (SSSR count). The maximum atomic E-state index is 11.6. The fourth-order valence-electron chi connectivity index (χ4n) is 3.05. The standard InChI is InChI=1S/C16H26N4O2/c1-16(2,3)20-15-18-8-12(14(17)22)13(19-15)7-10-5-4-6-11(10)9-21/h8,10-11,21H,4-7,9H2,1-3H3,(H2,17,22)(H,18,19,20)/t10-,11-/m0/s1. The molecule has 0 bridgehead atoms. The van der Waals surface area contributed by atoms with Crippen LogP contribution in [0.5, 0.6) is 0 Å². The Morgan fingerprint density at radius 1 is 1.41 bits per heavy atom. The summed E-state index contributed by atoms with van der Waals surface area (Å²) in [4.78, 5) is 20.3. The zero-order chi connectivity index (χ0) is 16.3. The van der Waals surface area contributed by atoms with Crippen LogP contribution in [0, 0.1) is 11.8 Å². The van der Waals surface area contributed by atoms with Crippen molar-refractivity contribution < 1.29 is 9.90 Å². The molecule has 0 saturated heterocycles. The molecule has 4 N–H and O–H groups in total. The highest BCUT2D eigenvalue weighted by atomic mass is 16.3. The topological polar surface area (TPSA) is 101 Å². The summed E-state index contributed by atoms with van der Waals surface area (Å²) in [7, 11) is 0. The second kappa shape index (κ2) is 6.60. The number of nitrogens with one attached hydrogen (secondary N) is 1. The first-order chi connectivity index (χ1) is 10.3. The Hall–Kier alpha value is -1.69. The van der Waals surface area contributed by atoms with Gasteiger partial charge < -0.3 is 16.2 Å². The Morgan fingerprint density at radius 3 is 2.68 bits per heavy atom. The van der Waals surface area contributed by atoms with E-state index < -0.39 is 5.91 Å². The van der Waals surface area contributed by atoms with Gasteiger partial charge in [0, 0.05) is 18.3 Å². The quantitative estimate of drug-likeness (QED) is 0.769.